The van der Waals surface area contributed by atoms with Gasteiger partial charge in [-0.3, -0.25) is 0 Å². The molecule has 2 rings (SSSR count). The first kappa shape index (κ1) is 18.2. The number of nitrogens with one attached hydrogen (secondary N) is 1. The monoisotopic (exact) mass is 337 g/mol. The molecule has 1 unspecified atom stereocenters. The van der Waals surface area contributed by atoms with Crippen molar-refractivity contribution >= 4 is 0 Å². The predicted octanol–water partition coefficient (Wildman–Crippen LogP) is 3.43. The van der Waals surface area contributed by atoms with Gasteiger partial charge in [0, 0.05) is 13.1 Å². The van der Waals surface area contributed by atoms with E-state index < -0.39 is 12.7 Å². The van der Waals surface area contributed by atoms with Crippen LogP contribution < -0.4 is 14.8 Å². The molecule has 0 saturated carbocycles. The minimum atomic E-state index is -2.90. The van der Waals surface area contributed by atoms with Crippen molar-refractivity contribution in [2.24, 2.45) is 0 Å². The summed E-state index contributed by atoms with van der Waals surface area (Å²) in [4.78, 5) is 0. The summed E-state index contributed by atoms with van der Waals surface area (Å²) in [6.45, 7) is -0.0823. The molecular formula is C18H21F2NO3. The van der Waals surface area contributed by atoms with E-state index in [1.165, 1.54) is 13.2 Å². The lowest BCUT2D eigenvalue weighted by Gasteiger charge is -2.14. The fourth-order valence-electron chi connectivity index (χ4n) is 2.36. The minimum Gasteiger partial charge on any atom is -0.493 e. The first-order chi connectivity index (χ1) is 11.5. The summed E-state index contributed by atoms with van der Waals surface area (Å²) in [5.74, 6) is 0.241. The SMILES string of the molecule is COc1cc(CNCC(O)c2cccc(C)c2)ccc1OC(F)F. The Hall–Kier alpha value is -2.18. The van der Waals surface area contributed by atoms with E-state index in [2.05, 4.69) is 10.1 Å². The molecule has 2 aromatic carbocycles. The number of ether oxygens (including phenoxy) is 2. The fraction of sp³-hybridized carbons (Fsp3) is 0.333. The molecule has 0 aliphatic rings. The van der Waals surface area contributed by atoms with Gasteiger partial charge in [0.2, 0.25) is 0 Å². The Morgan fingerprint density at radius 1 is 1.12 bits per heavy atom. The van der Waals surface area contributed by atoms with E-state index in [1.54, 1.807) is 12.1 Å². The molecule has 24 heavy (non-hydrogen) atoms. The van der Waals surface area contributed by atoms with Crippen molar-refractivity contribution in [1.29, 1.82) is 0 Å². The van der Waals surface area contributed by atoms with Crippen LogP contribution in [0.15, 0.2) is 42.5 Å². The van der Waals surface area contributed by atoms with E-state index in [-0.39, 0.29) is 11.5 Å². The van der Waals surface area contributed by atoms with E-state index in [0.717, 1.165) is 16.7 Å². The molecule has 0 heterocycles. The van der Waals surface area contributed by atoms with Crippen molar-refractivity contribution < 1.29 is 23.4 Å². The zero-order valence-corrected chi connectivity index (χ0v) is 13.6. The van der Waals surface area contributed by atoms with Crippen LogP contribution in [0.1, 0.15) is 22.8 Å². The van der Waals surface area contributed by atoms with Crippen molar-refractivity contribution in [2.75, 3.05) is 13.7 Å². The van der Waals surface area contributed by atoms with Gasteiger partial charge in [-0.25, -0.2) is 0 Å². The molecule has 4 nitrogen and oxygen atoms in total. The number of aliphatic hydroxyl groups excluding tert-OH is 1. The van der Waals surface area contributed by atoms with Crippen molar-refractivity contribution in [1.82, 2.24) is 5.32 Å². The van der Waals surface area contributed by atoms with Crippen LogP contribution in [0.25, 0.3) is 0 Å². The smallest absolute Gasteiger partial charge is 0.387 e. The molecule has 1 atom stereocenters. The molecule has 0 spiro atoms. The van der Waals surface area contributed by atoms with Gasteiger partial charge in [-0.1, -0.05) is 35.9 Å². The van der Waals surface area contributed by atoms with Gasteiger partial charge in [0.25, 0.3) is 0 Å². The maximum atomic E-state index is 12.3. The highest BCUT2D eigenvalue weighted by molar-refractivity contribution is 5.43. The van der Waals surface area contributed by atoms with E-state index in [9.17, 15) is 13.9 Å². The first-order valence-corrected chi connectivity index (χ1v) is 7.56. The summed E-state index contributed by atoms with van der Waals surface area (Å²) in [5, 5.41) is 13.3. The van der Waals surface area contributed by atoms with Crippen molar-refractivity contribution in [3.05, 3.63) is 59.2 Å². The molecule has 130 valence electrons. The van der Waals surface area contributed by atoms with Crippen LogP contribution in [-0.4, -0.2) is 25.4 Å². The van der Waals surface area contributed by atoms with E-state index in [0.29, 0.717) is 13.1 Å². The molecule has 0 aromatic heterocycles. The van der Waals surface area contributed by atoms with Crippen molar-refractivity contribution in [2.45, 2.75) is 26.2 Å². The molecule has 0 aliphatic carbocycles. The van der Waals surface area contributed by atoms with Crippen LogP contribution in [0, 0.1) is 6.92 Å². The summed E-state index contributed by atoms with van der Waals surface area (Å²) < 4.78 is 34.0. The summed E-state index contributed by atoms with van der Waals surface area (Å²) in [5.41, 5.74) is 2.77. The van der Waals surface area contributed by atoms with Crippen molar-refractivity contribution in [3.63, 3.8) is 0 Å². The number of aryl methyl sites for hydroxylation is 1. The normalized spacial score (nSPS) is 12.2. The number of aliphatic hydroxyl groups is 1. The quantitative estimate of drug-likeness (QED) is 0.775. The third-order valence-corrected chi connectivity index (χ3v) is 3.54. The lowest BCUT2D eigenvalue weighted by atomic mass is 10.1. The van der Waals surface area contributed by atoms with E-state index in [4.69, 9.17) is 4.74 Å². The van der Waals surface area contributed by atoms with Crippen LogP contribution in [-0.2, 0) is 6.54 Å². The van der Waals surface area contributed by atoms with Gasteiger partial charge in [0.15, 0.2) is 11.5 Å². The van der Waals surface area contributed by atoms with Gasteiger partial charge in [0.1, 0.15) is 0 Å². The second-order valence-corrected chi connectivity index (χ2v) is 5.42. The zero-order valence-electron chi connectivity index (χ0n) is 13.6. The molecule has 2 aromatic rings. The lowest BCUT2D eigenvalue weighted by molar-refractivity contribution is -0.0512. The van der Waals surface area contributed by atoms with Gasteiger partial charge < -0.3 is 19.9 Å². The third-order valence-electron chi connectivity index (χ3n) is 3.54. The summed E-state index contributed by atoms with van der Waals surface area (Å²) >= 11 is 0. The summed E-state index contributed by atoms with van der Waals surface area (Å²) in [6, 6.07) is 12.4. The lowest BCUT2D eigenvalue weighted by Crippen LogP contribution is -2.21. The Kier molecular flexibility index (Phi) is 6.52. The Bertz CT molecular complexity index is 664. The number of benzene rings is 2. The standard InChI is InChI=1S/C18H21F2NO3/c1-12-4-3-5-14(8-12)15(22)11-21-10-13-6-7-16(24-18(19)20)17(9-13)23-2/h3-9,15,18,21-22H,10-11H2,1-2H3. The van der Waals surface area contributed by atoms with Gasteiger partial charge in [-0.15, -0.1) is 0 Å². The van der Waals surface area contributed by atoms with Crippen molar-refractivity contribution in [3.8, 4) is 11.5 Å². The van der Waals surface area contributed by atoms with E-state index >= 15 is 0 Å². The largest absolute Gasteiger partial charge is 0.493 e. The van der Waals surface area contributed by atoms with Crippen LogP contribution in [0.5, 0.6) is 11.5 Å². The van der Waals surface area contributed by atoms with Gasteiger partial charge in [-0.2, -0.15) is 8.78 Å². The topological polar surface area (TPSA) is 50.7 Å². The average Bonchev–Trinajstić information content (AvgIpc) is 2.55. The Balaban J connectivity index is 1.92. The molecular weight excluding hydrogens is 316 g/mol. The highest BCUT2D eigenvalue weighted by Crippen LogP contribution is 2.29. The maximum Gasteiger partial charge on any atom is 0.387 e. The fourth-order valence-corrected chi connectivity index (χ4v) is 2.36. The third kappa shape index (κ3) is 5.18. The van der Waals surface area contributed by atoms with Crippen LogP contribution in [0.3, 0.4) is 0 Å². The van der Waals surface area contributed by atoms with Crippen LogP contribution in [0.2, 0.25) is 0 Å². The molecule has 0 amide bonds. The van der Waals surface area contributed by atoms with Crippen LogP contribution in [0.4, 0.5) is 8.78 Å². The number of methoxy groups -OCH3 is 1. The number of rotatable bonds is 8. The zero-order chi connectivity index (χ0) is 17.5. The highest BCUT2D eigenvalue weighted by Gasteiger charge is 2.11. The first-order valence-electron chi connectivity index (χ1n) is 7.56. The highest BCUT2D eigenvalue weighted by atomic mass is 19.3. The molecule has 0 bridgehead atoms. The van der Waals surface area contributed by atoms with Gasteiger partial charge in [0.05, 0.1) is 13.2 Å². The second kappa shape index (κ2) is 8.61. The molecule has 0 radical (unpaired) electrons. The Morgan fingerprint density at radius 3 is 2.58 bits per heavy atom. The summed E-state index contributed by atoms with van der Waals surface area (Å²) in [7, 11) is 1.40. The van der Waals surface area contributed by atoms with Crippen LogP contribution >= 0.6 is 0 Å². The Morgan fingerprint density at radius 2 is 1.92 bits per heavy atom. The molecule has 6 heteroatoms. The minimum absolute atomic E-state index is 0.00366. The molecule has 0 saturated heterocycles. The summed E-state index contributed by atoms with van der Waals surface area (Å²) in [6.07, 6.45) is -0.617. The number of halogens is 2. The number of hydrogen-bond acceptors (Lipinski definition) is 4. The molecule has 0 fully saturated rings. The number of hydrogen-bond donors (Lipinski definition) is 2. The maximum absolute atomic E-state index is 12.3. The average molecular weight is 337 g/mol. The van der Waals surface area contributed by atoms with Gasteiger partial charge in [-0.05, 0) is 30.2 Å². The number of alkyl halides is 2. The Labute approximate surface area is 140 Å². The second-order valence-electron chi connectivity index (χ2n) is 5.42. The molecule has 0 aliphatic heterocycles. The van der Waals surface area contributed by atoms with Gasteiger partial charge >= 0.3 is 6.61 Å². The molecule has 2 N–H and O–H groups in total. The predicted molar refractivity (Wildman–Crippen MR) is 87.5 cm³/mol. The van der Waals surface area contributed by atoms with E-state index in [1.807, 2.05) is 31.2 Å².